The average molecular weight is 264 g/mol. The van der Waals surface area contributed by atoms with Crippen LogP contribution < -0.4 is 15.7 Å². The van der Waals surface area contributed by atoms with Crippen LogP contribution in [0.15, 0.2) is 29.3 Å². The third-order valence-corrected chi connectivity index (χ3v) is 2.68. The van der Waals surface area contributed by atoms with Gasteiger partial charge in [0.05, 0.1) is 6.61 Å². The van der Waals surface area contributed by atoms with Crippen LogP contribution in [0.2, 0.25) is 0 Å². The van der Waals surface area contributed by atoms with Gasteiger partial charge in [-0.3, -0.25) is 4.79 Å². The normalized spacial score (nSPS) is 18.4. The number of aliphatic hydroxyl groups excluding tert-OH is 1. The van der Waals surface area contributed by atoms with E-state index >= 15 is 0 Å². The molecule has 0 aromatic heterocycles. The number of carbonyl (C=O) groups excluding carboxylic acids is 1. The fourth-order valence-electron chi connectivity index (χ4n) is 1.71. The largest absolute Gasteiger partial charge is 0.632 e. The highest BCUT2D eigenvalue weighted by Crippen LogP contribution is 2.05. The number of hydrogen-bond donors (Lipinski definition) is 4. The van der Waals surface area contributed by atoms with E-state index in [9.17, 15) is 10.0 Å². The summed E-state index contributed by atoms with van der Waals surface area (Å²) >= 11 is 0. The van der Waals surface area contributed by atoms with E-state index in [2.05, 4.69) is 15.6 Å². The molecule has 1 heterocycles. The summed E-state index contributed by atoms with van der Waals surface area (Å²) in [7, 11) is 0. The molecule has 102 valence electrons. The van der Waals surface area contributed by atoms with E-state index in [4.69, 9.17) is 5.11 Å². The Morgan fingerprint density at radius 2 is 2.21 bits per heavy atom. The van der Waals surface area contributed by atoms with Crippen molar-refractivity contribution in [3.05, 3.63) is 40.6 Å². The number of amides is 1. The van der Waals surface area contributed by atoms with Gasteiger partial charge in [-0.25, -0.2) is 4.99 Å². The zero-order valence-electron chi connectivity index (χ0n) is 10.3. The molecular formula is C12H16N4O3. The predicted octanol–water partition coefficient (Wildman–Crippen LogP) is -1.94. The van der Waals surface area contributed by atoms with Crippen LogP contribution in [0.5, 0.6) is 0 Å². The Bertz CT molecular complexity index is 472. The Morgan fingerprint density at radius 3 is 2.79 bits per heavy atom. The maximum Gasteiger partial charge on any atom is 0.251 e. The molecule has 1 unspecified atom stereocenters. The van der Waals surface area contributed by atoms with Crippen LogP contribution >= 0.6 is 0 Å². The number of rotatable bonds is 4. The number of nitrogens with one attached hydrogen (secondary N) is 3. The number of hydroxylamine groups is 2. The van der Waals surface area contributed by atoms with Crippen molar-refractivity contribution < 1.29 is 15.0 Å². The Balaban J connectivity index is 2.04. The summed E-state index contributed by atoms with van der Waals surface area (Å²) in [5.74, 6) is 0.441. The van der Waals surface area contributed by atoms with Gasteiger partial charge in [-0.2, -0.15) is 0 Å². The molecular weight excluding hydrogens is 248 g/mol. The highest BCUT2D eigenvalue weighted by Gasteiger charge is 2.11. The SMILES string of the molecule is O=C(NCCO)c1ccc(C2=NC[NH+]([O-])CN2)cc1. The number of quaternary nitrogens is 1. The van der Waals surface area contributed by atoms with Crippen LogP contribution in [-0.2, 0) is 0 Å². The molecule has 0 bridgehead atoms. The smallest absolute Gasteiger partial charge is 0.251 e. The van der Waals surface area contributed by atoms with Crippen molar-refractivity contribution in [2.75, 3.05) is 26.5 Å². The van der Waals surface area contributed by atoms with Gasteiger partial charge in [0, 0.05) is 17.7 Å². The van der Waals surface area contributed by atoms with Crippen LogP contribution in [0.4, 0.5) is 0 Å². The van der Waals surface area contributed by atoms with E-state index < -0.39 is 0 Å². The molecule has 1 aliphatic rings. The lowest BCUT2D eigenvalue weighted by molar-refractivity contribution is -0.851. The molecule has 0 fully saturated rings. The van der Waals surface area contributed by atoms with Gasteiger partial charge in [0.25, 0.3) is 5.91 Å². The zero-order valence-corrected chi connectivity index (χ0v) is 10.3. The molecule has 1 aromatic carbocycles. The topological polar surface area (TPSA) is 101 Å². The lowest BCUT2D eigenvalue weighted by Crippen LogP contribution is -3.10. The molecule has 4 N–H and O–H groups in total. The summed E-state index contributed by atoms with van der Waals surface area (Å²) in [6.07, 6.45) is 0. The number of aliphatic hydroxyl groups is 1. The van der Waals surface area contributed by atoms with E-state index in [1.165, 1.54) is 0 Å². The summed E-state index contributed by atoms with van der Waals surface area (Å²) in [4.78, 5) is 15.7. The highest BCUT2D eigenvalue weighted by atomic mass is 16.5. The van der Waals surface area contributed by atoms with Crippen LogP contribution in [0.1, 0.15) is 15.9 Å². The number of carbonyl (C=O) groups is 1. The lowest BCUT2D eigenvalue weighted by atomic mass is 10.1. The minimum absolute atomic E-state index is 0.0590. The maximum atomic E-state index is 11.6. The Kier molecular flexibility index (Phi) is 4.45. The number of benzene rings is 1. The molecule has 19 heavy (non-hydrogen) atoms. The minimum atomic E-state index is -0.227. The molecule has 1 amide bonds. The molecule has 1 aliphatic heterocycles. The fourth-order valence-corrected chi connectivity index (χ4v) is 1.71. The number of nitrogens with zero attached hydrogens (tertiary/aromatic N) is 1. The first-order valence-corrected chi connectivity index (χ1v) is 6.00. The van der Waals surface area contributed by atoms with Gasteiger partial charge in [0.1, 0.15) is 5.84 Å². The van der Waals surface area contributed by atoms with E-state index in [-0.39, 0.29) is 37.5 Å². The maximum absolute atomic E-state index is 11.6. The third kappa shape index (κ3) is 3.50. The molecule has 1 aromatic rings. The second kappa shape index (κ2) is 6.28. The van der Waals surface area contributed by atoms with Crippen LogP contribution in [0.3, 0.4) is 0 Å². The van der Waals surface area contributed by atoms with Gasteiger partial charge in [-0.15, -0.1) is 0 Å². The predicted molar refractivity (Wildman–Crippen MR) is 69.6 cm³/mol. The van der Waals surface area contributed by atoms with E-state index in [0.717, 1.165) is 5.56 Å². The van der Waals surface area contributed by atoms with Crippen LogP contribution in [-0.4, -0.2) is 43.3 Å². The van der Waals surface area contributed by atoms with Crippen LogP contribution in [0, 0.1) is 5.21 Å². The Hall–Kier alpha value is -1.96. The van der Waals surface area contributed by atoms with Gasteiger partial charge < -0.3 is 26.0 Å². The quantitative estimate of drug-likeness (QED) is 0.475. The first-order valence-electron chi connectivity index (χ1n) is 6.00. The van der Waals surface area contributed by atoms with Crippen LogP contribution in [0.25, 0.3) is 0 Å². The first kappa shape index (κ1) is 13.5. The second-order valence-corrected chi connectivity index (χ2v) is 4.11. The van der Waals surface area contributed by atoms with Crippen molar-refractivity contribution >= 4 is 11.7 Å². The van der Waals surface area contributed by atoms with E-state index in [1.54, 1.807) is 24.3 Å². The van der Waals surface area contributed by atoms with E-state index in [0.29, 0.717) is 11.4 Å². The average Bonchev–Trinajstić information content (AvgIpc) is 2.46. The Morgan fingerprint density at radius 1 is 1.47 bits per heavy atom. The molecule has 0 spiro atoms. The second-order valence-electron chi connectivity index (χ2n) is 4.11. The summed E-state index contributed by atoms with van der Waals surface area (Å²) in [5.41, 5.74) is 1.36. The van der Waals surface area contributed by atoms with Gasteiger partial charge in [-0.1, -0.05) is 12.1 Å². The van der Waals surface area contributed by atoms with Crippen molar-refractivity contribution in [2.24, 2.45) is 4.99 Å². The molecule has 7 nitrogen and oxygen atoms in total. The standard InChI is InChI=1S/C12H16N4O3/c17-6-5-13-12(18)10-3-1-9(2-4-10)11-14-7-16(19)8-15-11/h1-4,16-17H,5-8H2,(H,13,18)(H,14,15). The van der Waals surface area contributed by atoms with Crippen molar-refractivity contribution in [3.8, 4) is 0 Å². The Labute approximate surface area is 110 Å². The van der Waals surface area contributed by atoms with Crippen molar-refractivity contribution in [1.29, 1.82) is 0 Å². The summed E-state index contributed by atoms with van der Waals surface area (Å²) in [6, 6.07) is 6.91. The molecule has 1 atom stereocenters. The fraction of sp³-hybridized carbons (Fsp3) is 0.333. The number of amidine groups is 1. The van der Waals surface area contributed by atoms with Gasteiger partial charge in [0.15, 0.2) is 13.3 Å². The molecule has 0 radical (unpaired) electrons. The van der Waals surface area contributed by atoms with Gasteiger partial charge in [-0.05, 0) is 12.1 Å². The van der Waals surface area contributed by atoms with Crippen molar-refractivity contribution in [2.45, 2.75) is 0 Å². The summed E-state index contributed by atoms with van der Waals surface area (Å²) < 4.78 is 0. The van der Waals surface area contributed by atoms with Gasteiger partial charge >= 0.3 is 0 Å². The van der Waals surface area contributed by atoms with Gasteiger partial charge in [0.2, 0.25) is 0 Å². The first-order chi connectivity index (χ1) is 9.20. The molecule has 7 heteroatoms. The molecule has 0 aliphatic carbocycles. The summed E-state index contributed by atoms with van der Waals surface area (Å²) in [6.45, 7) is 0.633. The molecule has 0 saturated carbocycles. The lowest BCUT2D eigenvalue weighted by Gasteiger charge is -2.26. The highest BCUT2D eigenvalue weighted by molar-refractivity contribution is 6.00. The van der Waals surface area contributed by atoms with E-state index in [1.807, 2.05) is 0 Å². The molecule has 0 saturated heterocycles. The molecule has 2 rings (SSSR count). The van der Waals surface area contributed by atoms with Crippen molar-refractivity contribution in [3.63, 3.8) is 0 Å². The number of aliphatic imine (C=N–C) groups is 1. The summed E-state index contributed by atoms with van der Waals surface area (Å²) in [5, 5.41) is 25.2. The minimum Gasteiger partial charge on any atom is -0.632 e. The monoisotopic (exact) mass is 264 g/mol. The third-order valence-electron chi connectivity index (χ3n) is 2.68. The van der Waals surface area contributed by atoms with Crippen molar-refractivity contribution in [1.82, 2.24) is 10.6 Å². The number of hydrogen-bond acceptors (Lipinski definition) is 5. The zero-order chi connectivity index (χ0) is 13.7.